The normalized spacial score (nSPS) is 23.0. The molecule has 6 nitrogen and oxygen atoms in total. The molecule has 1 amide bonds. The van der Waals surface area contributed by atoms with Gasteiger partial charge in [0, 0.05) is 25.5 Å². The molecule has 1 saturated heterocycles. The Labute approximate surface area is 132 Å². The number of amides is 1. The van der Waals surface area contributed by atoms with Crippen LogP contribution in [0, 0.1) is 12.7 Å². The standard InChI is InChI=1S/C16H16FN3O3/c1-9-18-15(19-23-9)12-6-3-7-20(12)16(21)13-8-10-4-2-5-11(17)14(10)22-13/h2,4-5,12-13H,3,6-8H2,1H3/t12-,13-/m1/s1. The molecule has 7 heteroatoms. The Balaban J connectivity index is 1.54. The van der Waals surface area contributed by atoms with Crippen LogP contribution in [0.15, 0.2) is 22.7 Å². The molecule has 0 unspecified atom stereocenters. The van der Waals surface area contributed by atoms with Crippen LogP contribution in [-0.2, 0) is 11.2 Å². The number of halogens is 1. The fraction of sp³-hybridized carbons (Fsp3) is 0.438. The third-order valence-electron chi connectivity index (χ3n) is 4.37. The number of benzene rings is 1. The summed E-state index contributed by atoms with van der Waals surface area (Å²) in [5.74, 6) is 0.619. The Bertz CT molecular complexity index is 761. The Morgan fingerprint density at radius 2 is 2.30 bits per heavy atom. The Kier molecular flexibility index (Phi) is 3.28. The third kappa shape index (κ3) is 2.36. The molecule has 2 aliphatic heterocycles. The zero-order valence-electron chi connectivity index (χ0n) is 12.7. The lowest BCUT2D eigenvalue weighted by Crippen LogP contribution is -2.41. The van der Waals surface area contributed by atoms with Gasteiger partial charge in [-0.25, -0.2) is 4.39 Å². The molecule has 1 fully saturated rings. The van der Waals surface area contributed by atoms with Gasteiger partial charge in [0.1, 0.15) is 0 Å². The highest BCUT2D eigenvalue weighted by atomic mass is 19.1. The molecule has 0 radical (unpaired) electrons. The Hall–Kier alpha value is -2.44. The first-order valence-corrected chi connectivity index (χ1v) is 7.68. The molecule has 0 saturated carbocycles. The number of hydrogen-bond acceptors (Lipinski definition) is 5. The predicted molar refractivity (Wildman–Crippen MR) is 77.2 cm³/mol. The van der Waals surface area contributed by atoms with Crippen LogP contribution in [0.1, 0.15) is 36.2 Å². The van der Waals surface area contributed by atoms with Crippen molar-refractivity contribution in [3.63, 3.8) is 0 Å². The summed E-state index contributed by atoms with van der Waals surface area (Å²) in [6.07, 6.45) is 1.37. The summed E-state index contributed by atoms with van der Waals surface area (Å²) >= 11 is 0. The molecule has 120 valence electrons. The second-order valence-electron chi connectivity index (χ2n) is 5.90. The molecule has 0 aliphatic carbocycles. The van der Waals surface area contributed by atoms with Crippen molar-refractivity contribution in [1.82, 2.24) is 15.0 Å². The van der Waals surface area contributed by atoms with E-state index in [0.717, 1.165) is 18.4 Å². The fourth-order valence-electron chi connectivity index (χ4n) is 3.30. The molecule has 2 aliphatic rings. The smallest absolute Gasteiger partial charge is 0.264 e. The molecule has 23 heavy (non-hydrogen) atoms. The molecule has 4 rings (SSSR count). The number of aromatic nitrogens is 2. The van der Waals surface area contributed by atoms with Crippen LogP contribution < -0.4 is 4.74 Å². The molecule has 2 atom stereocenters. The first-order valence-electron chi connectivity index (χ1n) is 7.68. The lowest BCUT2D eigenvalue weighted by molar-refractivity contribution is -0.139. The minimum atomic E-state index is -0.685. The monoisotopic (exact) mass is 317 g/mol. The second kappa shape index (κ2) is 5.33. The largest absolute Gasteiger partial charge is 0.477 e. The van der Waals surface area contributed by atoms with E-state index in [1.165, 1.54) is 6.07 Å². The number of carbonyl (C=O) groups is 1. The Morgan fingerprint density at radius 3 is 3.04 bits per heavy atom. The fourth-order valence-corrected chi connectivity index (χ4v) is 3.30. The summed E-state index contributed by atoms with van der Waals surface area (Å²) in [6.45, 7) is 2.34. The highest BCUT2D eigenvalue weighted by Crippen LogP contribution is 2.35. The number of nitrogens with zero attached hydrogens (tertiary/aromatic N) is 3. The highest BCUT2D eigenvalue weighted by molar-refractivity contribution is 5.83. The van der Waals surface area contributed by atoms with Gasteiger partial charge in [-0.2, -0.15) is 4.98 Å². The number of rotatable bonds is 2. The highest BCUT2D eigenvalue weighted by Gasteiger charge is 2.40. The van der Waals surface area contributed by atoms with Gasteiger partial charge in [0.25, 0.3) is 5.91 Å². The van der Waals surface area contributed by atoms with Crippen LogP contribution in [0.5, 0.6) is 5.75 Å². The lowest BCUT2D eigenvalue weighted by atomic mass is 10.1. The maximum atomic E-state index is 13.8. The first-order chi connectivity index (χ1) is 11.1. The van der Waals surface area contributed by atoms with Gasteiger partial charge >= 0.3 is 0 Å². The van der Waals surface area contributed by atoms with Gasteiger partial charge < -0.3 is 14.2 Å². The molecule has 0 N–H and O–H groups in total. The topological polar surface area (TPSA) is 68.5 Å². The average Bonchev–Trinajstić information content (AvgIpc) is 3.24. The van der Waals surface area contributed by atoms with Crippen LogP contribution in [0.3, 0.4) is 0 Å². The maximum Gasteiger partial charge on any atom is 0.264 e. The molecular weight excluding hydrogens is 301 g/mol. The quantitative estimate of drug-likeness (QED) is 0.849. The number of para-hydroxylation sites is 1. The zero-order chi connectivity index (χ0) is 16.0. The van der Waals surface area contributed by atoms with Crippen molar-refractivity contribution in [1.29, 1.82) is 0 Å². The van der Waals surface area contributed by atoms with Crippen LogP contribution in [0.25, 0.3) is 0 Å². The summed E-state index contributed by atoms with van der Waals surface area (Å²) in [7, 11) is 0. The summed E-state index contributed by atoms with van der Waals surface area (Å²) in [4.78, 5) is 18.8. The van der Waals surface area contributed by atoms with Crippen LogP contribution in [0.4, 0.5) is 4.39 Å². The minimum absolute atomic E-state index is 0.148. The minimum Gasteiger partial charge on any atom is -0.477 e. The SMILES string of the molecule is Cc1nc([C@H]2CCCN2C(=O)[C@H]2Cc3cccc(F)c3O2)no1. The number of aryl methyl sites for hydroxylation is 1. The maximum absolute atomic E-state index is 13.8. The Morgan fingerprint density at radius 1 is 1.43 bits per heavy atom. The van der Waals surface area contributed by atoms with E-state index in [2.05, 4.69) is 10.1 Å². The van der Waals surface area contributed by atoms with Crippen LogP contribution in [0.2, 0.25) is 0 Å². The van der Waals surface area contributed by atoms with Crippen molar-refractivity contribution in [2.45, 2.75) is 38.3 Å². The van der Waals surface area contributed by atoms with E-state index in [4.69, 9.17) is 9.26 Å². The van der Waals surface area contributed by atoms with Gasteiger partial charge in [-0.1, -0.05) is 17.3 Å². The molecule has 1 aromatic carbocycles. The van der Waals surface area contributed by atoms with E-state index >= 15 is 0 Å². The van der Waals surface area contributed by atoms with E-state index < -0.39 is 11.9 Å². The van der Waals surface area contributed by atoms with Gasteiger partial charge in [-0.3, -0.25) is 4.79 Å². The van der Waals surface area contributed by atoms with Crippen molar-refractivity contribution >= 4 is 5.91 Å². The van der Waals surface area contributed by atoms with E-state index in [0.29, 0.717) is 24.7 Å². The number of carbonyl (C=O) groups excluding carboxylic acids is 1. The van der Waals surface area contributed by atoms with Crippen molar-refractivity contribution < 1.29 is 18.4 Å². The van der Waals surface area contributed by atoms with E-state index in [1.807, 2.05) is 0 Å². The number of ether oxygens (including phenoxy) is 1. The molecule has 0 spiro atoms. The van der Waals surface area contributed by atoms with Crippen molar-refractivity contribution in [2.75, 3.05) is 6.54 Å². The summed E-state index contributed by atoms with van der Waals surface area (Å²) in [5, 5.41) is 3.93. The molecule has 1 aromatic heterocycles. The number of fused-ring (bicyclic) bond motifs is 1. The van der Waals surface area contributed by atoms with E-state index in [-0.39, 0.29) is 17.7 Å². The molecule has 3 heterocycles. The summed E-state index contributed by atoms with van der Waals surface area (Å²) in [6, 6.07) is 4.56. The third-order valence-corrected chi connectivity index (χ3v) is 4.37. The van der Waals surface area contributed by atoms with Gasteiger partial charge in [0.2, 0.25) is 5.89 Å². The molecule has 0 bridgehead atoms. The number of hydrogen-bond donors (Lipinski definition) is 0. The van der Waals surface area contributed by atoms with E-state index in [9.17, 15) is 9.18 Å². The second-order valence-corrected chi connectivity index (χ2v) is 5.90. The van der Waals surface area contributed by atoms with Crippen molar-refractivity contribution in [2.24, 2.45) is 0 Å². The van der Waals surface area contributed by atoms with Crippen molar-refractivity contribution in [3.8, 4) is 5.75 Å². The summed E-state index contributed by atoms with van der Waals surface area (Å²) < 4.78 is 24.4. The van der Waals surface area contributed by atoms with Crippen LogP contribution in [-0.4, -0.2) is 33.6 Å². The van der Waals surface area contributed by atoms with Gasteiger partial charge in [0.15, 0.2) is 23.5 Å². The number of likely N-dealkylation sites (tertiary alicyclic amines) is 1. The predicted octanol–water partition coefficient (Wildman–Crippen LogP) is 2.18. The van der Waals surface area contributed by atoms with Gasteiger partial charge in [-0.15, -0.1) is 0 Å². The zero-order valence-corrected chi connectivity index (χ0v) is 12.7. The molecule has 2 aromatic rings. The average molecular weight is 317 g/mol. The van der Waals surface area contributed by atoms with Crippen molar-refractivity contribution in [3.05, 3.63) is 41.3 Å². The summed E-state index contributed by atoms with van der Waals surface area (Å²) in [5.41, 5.74) is 0.731. The van der Waals surface area contributed by atoms with Gasteiger partial charge in [0.05, 0.1) is 6.04 Å². The van der Waals surface area contributed by atoms with Gasteiger partial charge in [-0.05, 0) is 18.9 Å². The molecular formula is C16H16FN3O3. The lowest BCUT2D eigenvalue weighted by Gasteiger charge is -2.25. The first kappa shape index (κ1) is 14.2. The van der Waals surface area contributed by atoms with Crippen LogP contribution >= 0.6 is 0 Å². The van der Waals surface area contributed by atoms with E-state index in [1.54, 1.807) is 24.0 Å².